The summed E-state index contributed by atoms with van der Waals surface area (Å²) in [4.78, 5) is 26.1. The van der Waals surface area contributed by atoms with Crippen molar-refractivity contribution < 1.29 is 13.9 Å². The number of pyridine rings is 2. The zero-order chi connectivity index (χ0) is 31.3. The number of amides is 1. The molecule has 1 amide bonds. The highest BCUT2D eigenvalue weighted by Gasteiger charge is 2.30. The SMILES string of the molecule is C[C@H](c1ccc(-c2ccc(CO[C@H]3CCC[C@@H]3NC(=O)c3cc(-c4ccc(F)nc4)cnc3N)cc2)cc1)N1CCN(C)CC1. The summed E-state index contributed by atoms with van der Waals surface area (Å²) in [5.41, 5.74) is 12.4. The topological polar surface area (TPSA) is 96.6 Å². The number of hydrogen-bond acceptors (Lipinski definition) is 7. The quantitative estimate of drug-likeness (QED) is 0.235. The number of hydrogen-bond donors (Lipinski definition) is 2. The maximum atomic E-state index is 13.3. The minimum atomic E-state index is -0.570. The number of aromatic nitrogens is 2. The Morgan fingerprint density at radius 2 is 1.60 bits per heavy atom. The summed E-state index contributed by atoms with van der Waals surface area (Å²) in [6.07, 6.45) is 5.53. The number of nitrogens with two attached hydrogens (primary N) is 1. The van der Waals surface area contributed by atoms with Gasteiger partial charge >= 0.3 is 0 Å². The van der Waals surface area contributed by atoms with E-state index in [1.165, 1.54) is 29.0 Å². The first-order chi connectivity index (χ1) is 21.8. The van der Waals surface area contributed by atoms with E-state index in [-0.39, 0.29) is 29.4 Å². The number of carbonyl (C=O) groups excluding carboxylic acids is 1. The van der Waals surface area contributed by atoms with Gasteiger partial charge in [-0.2, -0.15) is 4.39 Å². The summed E-state index contributed by atoms with van der Waals surface area (Å²) in [6, 6.07) is 22.3. The average Bonchev–Trinajstić information content (AvgIpc) is 3.51. The van der Waals surface area contributed by atoms with Crippen LogP contribution in [0.25, 0.3) is 22.3 Å². The van der Waals surface area contributed by atoms with Crippen molar-refractivity contribution in [3.8, 4) is 22.3 Å². The maximum Gasteiger partial charge on any atom is 0.255 e. The van der Waals surface area contributed by atoms with E-state index in [0.29, 0.717) is 23.8 Å². The van der Waals surface area contributed by atoms with E-state index in [1.807, 2.05) is 0 Å². The lowest BCUT2D eigenvalue weighted by molar-refractivity contribution is 0.0272. The van der Waals surface area contributed by atoms with Crippen LogP contribution in [-0.2, 0) is 11.3 Å². The lowest BCUT2D eigenvalue weighted by Gasteiger charge is -2.36. The molecule has 0 spiro atoms. The second-order valence-electron chi connectivity index (χ2n) is 12.2. The molecule has 4 aromatic rings. The first-order valence-corrected chi connectivity index (χ1v) is 15.8. The number of ether oxygens (including phenoxy) is 1. The van der Waals surface area contributed by atoms with E-state index in [4.69, 9.17) is 10.5 Å². The third-order valence-electron chi connectivity index (χ3n) is 9.22. The summed E-state index contributed by atoms with van der Waals surface area (Å²) < 4.78 is 19.6. The normalized spacial score (nSPS) is 19.8. The third kappa shape index (κ3) is 7.39. The van der Waals surface area contributed by atoms with Gasteiger partial charge in [0.1, 0.15) is 5.82 Å². The zero-order valence-corrected chi connectivity index (χ0v) is 26.0. The lowest BCUT2D eigenvalue weighted by Crippen LogP contribution is -2.45. The van der Waals surface area contributed by atoms with Gasteiger partial charge in [0.15, 0.2) is 0 Å². The third-order valence-corrected chi connectivity index (χ3v) is 9.22. The van der Waals surface area contributed by atoms with Crippen LogP contribution in [0.5, 0.6) is 0 Å². The van der Waals surface area contributed by atoms with E-state index in [0.717, 1.165) is 51.0 Å². The molecule has 1 saturated heterocycles. The second-order valence-corrected chi connectivity index (χ2v) is 12.2. The molecule has 2 aliphatic rings. The Morgan fingerprint density at radius 1 is 0.933 bits per heavy atom. The van der Waals surface area contributed by atoms with Crippen molar-refractivity contribution >= 4 is 11.7 Å². The number of nitrogen functional groups attached to an aromatic ring is 1. The average molecular weight is 609 g/mol. The number of halogens is 1. The molecule has 0 unspecified atom stereocenters. The van der Waals surface area contributed by atoms with Crippen molar-refractivity contribution in [1.82, 2.24) is 25.1 Å². The molecule has 6 rings (SSSR count). The molecule has 1 aliphatic heterocycles. The molecule has 3 atom stereocenters. The van der Waals surface area contributed by atoms with Crippen LogP contribution in [0.1, 0.15) is 53.7 Å². The van der Waals surface area contributed by atoms with Crippen LogP contribution >= 0.6 is 0 Å². The van der Waals surface area contributed by atoms with Crippen molar-refractivity contribution in [3.63, 3.8) is 0 Å². The highest BCUT2D eigenvalue weighted by atomic mass is 19.1. The van der Waals surface area contributed by atoms with Gasteiger partial charge in [-0.25, -0.2) is 9.97 Å². The Hall–Kier alpha value is -4.18. The number of rotatable bonds is 9. The molecule has 3 N–H and O–H groups in total. The van der Waals surface area contributed by atoms with Crippen LogP contribution in [0.3, 0.4) is 0 Å². The number of nitrogens with zero attached hydrogens (tertiary/aromatic N) is 4. The summed E-state index contributed by atoms with van der Waals surface area (Å²) in [5.74, 6) is -0.730. The van der Waals surface area contributed by atoms with Crippen LogP contribution in [0.2, 0.25) is 0 Å². The first kappa shape index (κ1) is 30.8. The summed E-state index contributed by atoms with van der Waals surface area (Å²) in [7, 11) is 2.19. The van der Waals surface area contributed by atoms with Gasteiger partial charge in [0, 0.05) is 55.7 Å². The molecule has 2 fully saturated rings. The molecule has 2 aromatic carbocycles. The predicted molar refractivity (Wildman–Crippen MR) is 175 cm³/mol. The van der Waals surface area contributed by atoms with E-state index < -0.39 is 5.95 Å². The predicted octanol–water partition coefficient (Wildman–Crippen LogP) is 5.71. The fourth-order valence-corrected chi connectivity index (χ4v) is 6.27. The molecule has 9 heteroatoms. The molecule has 2 aromatic heterocycles. The Balaban J connectivity index is 1.03. The fourth-order valence-electron chi connectivity index (χ4n) is 6.27. The Bertz CT molecular complexity index is 1590. The molecule has 0 bridgehead atoms. The summed E-state index contributed by atoms with van der Waals surface area (Å²) >= 11 is 0. The van der Waals surface area contributed by atoms with Crippen molar-refractivity contribution in [2.24, 2.45) is 0 Å². The number of nitrogens with one attached hydrogen (secondary N) is 1. The van der Waals surface area contributed by atoms with Gasteiger partial charge in [0.25, 0.3) is 5.91 Å². The van der Waals surface area contributed by atoms with Crippen LogP contribution in [-0.4, -0.2) is 71.0 Å². The number of carbonyl (C=O) groups is 1. The van der Waals surface area contributed by atoms with Crippen LogP contribution in [0.4, 0.5) is 10.2 Å². The van der Waals surface area contributed by atoms with Crippen molar-refractivity contribution in [3.05, 3.63) is 102 Å². The van der Waals surface area contributed by atoms with E-state index in [1.54, 1.807) is 18.3 Å². The molecular weight excluding hydrogens is 567 g/mol. The van der Waals surface area contributed by atoms with Crippen molar-refractivity contribution in [1.29, 1.82) is 0 Å². The Labute approximate surface area is 264 Å². The van der Waals surface area contributed by atoms with E-state index in [9.17, 15) is 9.18 Å². The van der Waals surface area contributed by atoms with Gasteiger partial charge in [0.2, 0.25) is 5.95 Å². The first-order valence-electron chi connectivity index (χ1n) is 15.8. The number of anilines is 1. The standard InChI is InChI=1S/C36H41FN6O2/c1-24(43-18-16-42(2)17-19-43)26-10-12-28(13-11-26)27-8-6-25(7-9-27)23-45-33-5-3-4-32(33)41-36(44)31-20-30(22-40-35(31)38)29-14-15-34(37)39-21-29/h6-15,20-22,24,32-33H,3-5,16-19,23H2,1-2H3,(H2,38,40)(H,41,44)/t24-,32+,33+/m1/s1. The minimum Gasteiger partial charge on any atom is -0.383 e. The van der Waals surface area contributed by atoms with Gasteiger partial charge in [-0.1, -0.05) is 48.5 Å². The molecule has 3 heterocycles. The van der Waals surface area contributed by atoms with Crippen LogP contribution < -0.4 is 11.1 Å². The van der Waals surface area contributed by atoms with Crippen LogP contribution in [0.15, 0.2) is 79.1 Å². The smallest absolute Gasteiger partial charge is 0.255 e. The van der Waals surface area contributed by atoms with Gasteiger partial charge in [0.05, 0.1) is 24.3 Å². The minimum absolute atomic E-state index is 0.0953. The monoisotopic (exact) mass is 608 g/mol. The highest BCUT2D eigenvalue weighted by Crippen LogP contribution is 2.28. The number of piperazine rings is 1. The lowest BCUT2D eigenvalue weighted by atomic mass is 9.99. The van der Waals surface area contributed by atoms with E-state index >= 15 is 0 Å². The van der Waals surface area contributed by atoms with Gasteiger partial charge in [-0.3, -0.25) is 9.69 Å². The number of benzene rings is 2. The molecule has 8 nitrogen and oxygen atoms in total. The van der Waals surface area contributed by atoms with Crippen molar-refractivity contribution in [2.45, 2.75) is 51.0 Å². The Morgan fingerprint density at radius 3 is 2.29 bits per heavy atom. The summed E-state index contributed by atoms with van der Waals surface area (Å²) in [5, 5.41) is 3.11. The van der Waals surface area contributed by atoms with E-state index in [2.05, 4.69) is 87.6 Å². The van der Waals surface area contributed by atoms with Gasteiger partial charge in [-0.15, -0.1) is 0 Å². The molecular formula is C36H41FN6O2. The highest BCUT2D eigenvalue weighted by molar-refractivity contribution is 5.99. The molecule has 45 heavy (non-hydrogen) atoms. The van der Waals surface area contributed by atoms with Crippen molar-refractivity contribution in [2.75, 3.05) is 39.0 Å². The maximum absolute atomic E-state index is 13.3. The second kappa shape index (κ2) is 13.9. The zero-order valence-electron chi connectivity index (χ0n) is 26.0. The Kier molecular flexibility index (Phi) is 9.49. The molecule has 1 aliphatic carbocycles. The van der Waals surface area contributed by atoms with Crippen LogP contribution in [0, 0.1) is 5.95 Å². The number of likely N-dealkylation sites (N-methyl/N-ethyl adjacent to an activating group) is 1. The summed E-state index contributed by atoms with van der Waals surface area (Å²) in [6.45, 7) is 7.22. The molecule has 1 saturated carbocycles. The van der Waals surface area contributed by atoms with Gasteiger partial charge in [-0.05, 0) is 73.7 Å². The molecule has 234 valence electrons. The largest absolute Gasteiger partial charge is 0.383 e. The molecule has 0 radical (unpaired) electrons. The fraction of sp³-hybridized carbons (Fsp3) is 0.361. The van der Waals surface area contributed by atoms with Gasteiger partial charge < -0.3 is 20.7 Å².